The molecule has 0 fully saturated rings. The first-order valence-electron chi connectivity index (χ1n) is 10.6. The average Bonchev–Trinajstić information content (AvgIpc) is 3.17. The molecule has 2 aromatic carbocycles. The van der Waals surface area contributed by atoms with Gasteiger partial charge in [-0.25, -0.2) is 4.79 Å². The van der Waals surface area contributed by atoms with E-state index in [2.05, 4.69) is 30.9 Å². The van der Waals surface area contributed by atoms with Crippen LogP contribution in [-0.2, 0) is 20.1 Å². The molecule has 0 bridgehead atoms. The van der Waals surface area contributed by atoms with Gasteiger partial charge in [0.05, 0.1) is 6.54 Å². The summed E-state index contributed by atoms with van der Waals surface area (Å²) in [6.07, 6.45) is 0.877. The maximum absolute atomic E-state index is 13.5. The molecule has 0 saturated heterocycles. The molecule has 1 aliphatic heterocycles. The van der Waals surface area contributed by atoms with E-state index in [1.807, 2.05) is 22.8 Å². The summed E-state index contributed by atoms with van der Waals surface area (Å²) in [6.45, 7) is 5.82. The first kappa shape index (κ1) is 20.6. The molecule has 0 unspecified atom stereocenters. The van der Waals surface area contributed by atoms with Crippen molar-refractivity contribution in [2.75, 3.05) is 11.4 Å². The third-order valence-electron chi connectivity index (χ3n) is 6.31. The Morgan fingerprint density at radius 2 is 1.84 bits per heavy atom. The summed E-state index contributed by atoms with van der Waals surface area (Å²) in [5.41, 5.74) is 4.40. The minimum atomic E-state index is -0.392. The molecule has 0 N–H and O–H groups in total. The second-order valence-corrected chi connectivity index (χ2v) is 8.76. The number of anilines is 2. The zero-order valence-electron chi connectivity index (χ0n) is 18.3. The van der Waals surface area contributed by atoms with Crippen molar-refractivity contribution in [2.24, 2.45) is 7.05 Å². The second-order valence-electron chi connectivity index (χ2n) is 8.32. The van der Waals surface area contributed by atoms with Crippen molar-refractivity contribution < 1.29 is 0 Å². The minimum absolute atomic E-state index is 0.156. The van der Waals surface area contributed by atoms with Crippen LogP contribution in [0.4, 0.5) is 11.6 Å². The van der Waals surface area contributed by atoms with Crippen LogP contribution in [-0.4, -0.2) is 25.2 Å². The van der Waals surface area contributed by atoms with E-state index < -0.39 is 5.69 Å². The SMILES string of the molecule is Cc1cccc(N2CCCn3c2nc2c3c(=O)n(Cc3cccc(Cl)c3)c(=O)n2C)c1C. The van der Waals surface area contributed by atoms with Crippen molar-refractivity contribution in [3.8, 4) is 0 Å². The fourth-order valence-corrected chi connectivity index (χ4v) is 4.69. The highest BCUT2D eigenvalue weighted by atomic mass is 35.5. The normalized spacial score (nSPS) is 13.6. The Morgan fingerprint density at radius 1 is 1.06 bits per heavy atom. The van der Waals surface area contributed by atoms with Crippen LogP contribution in [0.5, 0.6) is 0 Å². The summed E-state index contributed by atoms with van der Waals surface area (Å²) < 4.78 is 4.69. The number of imidazole rings is 1. The van der Waals surface area contributed by atoms with Crippen molar-refractivity contribution in [1.29, 1.82) is 0 Å². The summed E-state index contributed by atoms with van der Waals surface area (Å²) in [4.78, 5) is 33.5. The molecule has 0 atom stereocenters. The van der Waals surface area contributed by atoms with Crippen LogP contribution in [0, 0.1) is 13.8 Å². The molecule has 1 aliphatic rings. The van der Waals surface area contributed by atoms with Crippen molar-refractivity contribution >= 4 is 34.4 Å². The lowest BCUT2D eigenvalue weighted by Gasteiger charge is -2.30. The largest absolute Gasteiger partial charge is 0.332 e. The number of fused-ring (bicyclic) bond motifs is 3. The molecule has 0 saturated carbocycles. The van der Waals surface area contributed by atoms with Crippen molar-refractivity contribution in [3.63, 3.8) is 0 Å². The predicted octanol–water partition coefficient (Wildman–Crippen LogP) is 3.76. The Bertz CT molecular complexity index is 1480. The van der Waals surface area contributed by atoms with E-state index in [0.717, 1.165) is 24.2 Å². The molecule has 164 valence electrons. The standard InChI is InChI=1S/C24H24ClN5O2/c1-15-7-4-10-19(16(15)2)28-11-6-12-29-20-21(26-23(28)29)27(3)24(32)30(22(20)31)14-17-8-5-9-18(25)13-17/h4-5,7-10,13H,6,11-12,14H2,1-3H3. The molecule has 8 heteroatoms. The van der Waals surface area contributed by atoms with E-state index in [4.69, 9.17) is 16.6 Å². The van der Waals surface area contributed by atoms with Crippen molar-refractivity contribution in [2.45, 2.75) is 33.4 Å². The molecule has 3 heterocycles. The first-order chi connectivity index (χ1) is 15.4. The van der Waals surface area contributed by atoms with Crippen LogP contribution in [0.3, 0.4) is 0 Å². The fraction of sp³-hybridized carbons (Fsp3) is 0.292. The molecule has 2 aromatic heterocycles. The lowest BCUT2D eigenvalue weighted by molar-refractivity contribution is 0.597. The zero-order chi connectivity index (χ0) is 22.6. The Labute approximate surface area is 190 Å². The van der Waals surface area contributed by atoms with E-state index in [1.54, 1.807) is 19.2 Å². The van der Waals surface area contributed by atoms with Crippen LogP contribution in [0.2, 0.25) is 5.02 Å². The summed E-state index contributed by atoms with van der Waals surface area (Å²) >= 11 is 6.10. The van der Waals surface area contributed by atoms with Crippen LogP contribution in [0.1, 0.15) is 23.1 Å². The zero-order valence-corrected chi connectivity index (χ0v) is 19.1. The predicted molar refractivity (Wildman–Crippen MR) is 127 cm³/mol. The number of halogens is 1. The highest BCUT2D eigenvalue weighted by Gasteiger charge is 2.27. The van der Waals surface area contributed by atoms with Crippen molar-refractivity contribution in [1.82, 2.24) is 18.7 Å². The first-order valence-corrected chi connectivity index (χ1v) is 11.0. The monoisotopic (exact) mass is 449 g/mol. The number of aromatic nitrogens is 4. The Morgan fingerprint density at radius 3 is 2.62 bits per heavy atom. The fourth-order valence-electron chi connectivity index (χ4n) is 4.48. The van der Waals surface area contributed by atoms with Gasteiger partial charge >= 0.3 is 5.69 Å². The number of hydrogen-bond donors (Lipinski definition) is 0. The van der Waals surface area contributed by atoms with E-state index >= 15 is 0 Å². The molecule has 0 spiro atoms. The van der Waals surface area contributed by atoms with Crippen molar-refractivity contribution in [3.05, 3.63) is 85.0 Å². The van der Waals surface area contributed by atoms with Gasteiger partial charge in [-0.3, -0.25) is 13.9 Å². The average molecular weight is 450 g/mol. The lowest BCUT2D eigenvalue weighted by Crippen LogP contribution is -2.40. The van der Waals surface area contributed by atoms with Gasteiger partial charge in [0.25, 0.3) is 5.56 Å². The van der Waals surface area contributed by atoms with Crippen LogP contribution >= 0.6 is 11.6 Å². The van der Waals surface area contributed by atoms with Gasteiger partial charge in [0, 0.05) is 30.8 Å². The third-order valence-corrected chi connectivity index (χ3v) is 6.55. The summed E-state index contributed by atoms with van der Waals surface area (Å²) in [6, 6.07) is 13.4. The quantitative estimate of drug-likeness (QED) is 0.477. The maximum Gasteiger partial charge on any atom is 0.332 e. The highest BCUT2D eigenvalue weighted by Crippen LogP contribution is 2.33. The Kier molecular flexibility index (Phi) is 4.93. The van der Waals surface area contributed by atoms with E-state index in [-0.39, 0.29) is 12.1 Å². The number of hydrogen-bond acceptors (Lipinski definition) is 4. The second kappa shape index (κ2) is 7.67. The molecule has 7 nitrogen and oxygen atoms in total. The van der Waals surface area contributed by atoms with Crippen LogP contribution in [0.15, 0.2) is 52.1 Å². The number of aryl methyl sites for hydroxylation is 3. The molecule has 32 heavy (non-hydrogen) atoms. The Hall–Kier alpha value is -3.32. The van der Waals surface area contributed by atoms with Crippen LogP contribution in [0.25, 0.3) is 11.2 Å². The molecule has 4 aromatic rings. The molecule has 5 rings (SSSR count). The molecule has 0 radical (unpaired) electrons. The van der Waals surface area contributed by atoms with Gasteiger partial charge in [0.1, 0.15) is 0 Å². The number of nitrogens with zero attached hydrogens (tertiary/aromatic N) is 5. The third kappa shape index (κ3) is 3.15. The van der Waals surface area contributed by atoms with Gasteiger partial charge in [0.2, 0.25) is 5.95 Å². The topological polar surface area (TPSA) is 65.1 Å². The maximum atomic E-state index is 13.5. The molecular weight excluding hydrogens is 426 g/mol. The molecule has 0 amide bonds. The van der Waals surface area contributed by atoms with Gasteiger partial charge in [-0.05, 0) is 55.2 Å². The summed E-state index contributed by atoms with van der Waals surface area (Å²) in [5, 5.41) is 0.569. The van der Waals surface area contributed by atoms with Gasteiger partial charge in [-0.15, -0.1) is 0 Å². The van der Waals surface area contributed by atoms with Gasteiger partial charge in [0.15, 0.2) is 11.2 Å². The smallest absolute Gasteiger partial charge is 0.312 e. The van der Waals surface area contributed by atoms with Gasteiger partial charge in [-0.1, -0.05) is 35.9 Å². The van der Waals surface area contributed by atoms with Gasteiger partial charge in [-0.2, -0.15) is 4.98 Å². The molecular formula is C24H24ClN5O2. The highest BCUT2D eigenvalue weighted by molar-refractivity contribution is 6.30. The summed E-state index contributed by atoms with van der Waals surface area (Å²) in [5.74, 6) is 0.701. The molecule has 0 aliphatic carbocycles. The van der Waals surface area contributed by atoms with E-state index in [1.165, 1.54) is 20.3 Å². The van der Waals surface area contributed by atoms with E-state index in [9.17, 15) is 9.59 Å². The number of benzene rings is 2. The van der Waals surface area contributed by atoms with Gasteiger partial charge < -0.3 is 9.47 Å². The van der Waals surface area contributed by atoms with Crippen LogP contribution < -0.4 is 16.1 Å². The summed E-state index contributed by atoms with van der Waals surface area (Å²) in [7, 11) is 1.67. The van der Waals surface area contributed by atoms with E-state index in [0.29, 0.717) is 28.7 Å². The lowest BCUT2D eigenvalue weighted by atomic mass is 10.1. The minimum Gasteiger partial charge on any atom is -0.312 e. The Balaban J connectivity index is 1.72. The number of rotatable bonds is 3.